The first-order valence-corrected chi connectivity index (χ1v) is 13.4. The third-order valence-electron chi connectivity index (χ3n) is 8.38. The molecule has 0 atom stereocenters. The van der Waals surface area contributed by atoms with Gasteiger partial charge in [-0.1, -0.05) is 84.9 Å². The molecule has 0 bridgehead atoms. The second-order valence-electron chi connectivity index (χ2n) is 10.4. The lowest BCUT2D eigenvalue weighted by Gasteiger charge is -2.11. The van der Waals surface area contributed by atoms with Gasteiger partial charge >= 0.3 is 0 Å². The van der Waals surface area contributed by atoms with E-state index in [1.807, 2.05) is 12.3 Å². The number of hydrogen-bond acceptors (Lipinski definition) is 1. The lowest BCUT2D eigenvalue weighted by Crippen LogP contribution is -1.93. The number of pyridine rings is 1. The normalized spacial score (nSPS) is 12.1. The highest BCUT2D eigenvalue weighted by Gasteiger charge is 2.23. The third kappa shape index (κ3) is 2.78. The molecule has 2 nitrogen and oxygen atoms in total. The molecule has 1 aliphatic rings. The quantitative estimate of drug-likeness (QED) is 0.234. The van der Waals surface area contributed by atoms with Crippen LogP contribution in [-0.2, 0) is 0 Å². The van der Waals surface area contributed by atoms with Gasteiger partial charge in [0.25, 0.3) is 0 Å². The van der Waals surface area contributed by atoms with E-state index in [-0.39, 0.29) is 0 Å². The summed E-state index contributed by atoms with van der Waals surface area (Å²) in [7, 11) is 0. The number of rotatable bonds is 2. The van der Waals surface area contributed by atoms with E-state index in [0.717, 1.165) is 11.2 Å². The van der Waals surface area contributed by atoms with Crippen LogP contribution in [0, 0.1) is 0 Å². The van der Waals surface area contributed by atoms with Crippen molar-refractivity contribution in [2.24, 2.45) is 0 Å². The summed E-state index contributed by atoms with van der Waals surface area (Å²) in [4.78, 5) is 4.68. The second-order valence-corrected chi connectivity index (χ2v) is 10.4. The van der Waals surface area contributed by atoms with E-state index in [9.17, 15) is 0 Å². The molecule has 180 valence electrons. The fourth-order valence-corrected chi connectivity index (χ4v) is 6.75. The Hall–Kier alpha value is -5.21. The molecule has 2 heteroatoms. The van der Waals surface area contributed by atoms with Crippen LogP contribution in [0.5, 0.6) is 0 Å². The Labute approximate surface area is 225 Å². The Morgan fingerprint density at radius 3 is 2.03 bits per heavy atom. The first-order valence-electron chi connectivity index (χ1n) is 13.4. The highest BCUT2D eigenvalue weighted by Crippen LogP contribution is 2.49. The molecule has 0 saturated carbocycles. The summed E-state index contributed by atoms with van der Waals surface area (Å²) in [5, 5.41) is 6.34. The van der Waals surface area contributed by atoms with Gasteiger partial charge in [-0.25, -0.2) is 0 Å². The number of nitrogens with zero attached hydrogens (tertiary/aromatic N) is 2. The Morgan fingerprint density at radius 2 is 1.15 bits per heavy atom. The van der Waals surface area contributed by atoms with Gasteiger partial charge in [0.05, 0.1) is 16.6 Å². The van der Waals surface area contributed by atoms with Gasteiger partial charge in [-0.3, -0.25) is 4.98 Å². The van der Waals surface area contributed by atoms with Crippen molar-refractivity contribution in [2.75, 3.05) is 0 Å². The zero-order valence-corrected chi connectivity index (χ0v) is 21.1. The molecule has 0 saturated heterocycles. The zero-order chi connectivity index (χ0) is 25.5. The van der Waals surface area contributed by atoms with Crippen LogP contribution in [0.25, 0.3) is 82.5 Å². The maximum Gasteiger partial charge on any atom is 0.0709 e. The molecule has 0 N–H and O–H groups in total. The summed E-state index contributed by atoms with van der Waals surface area (Å²) in [6, 6.07) is 46.3. The lowest BCUT2D eigenvalue weighted by molar-refractivity contribution is 1.18. The molecular formula is C37H22N2. The van der Waals surface area contributed by atoms with Gasteiger partial charge in [-0.05, 0) is 86.6 Å². The van der Waals surface area contributed by atoms with Crippen molar-refractivity contribution in [1.29, 1.82) is 0 Å². The minimum atomic E-state index is 1.02. The second kappa shape index (κ2) is 7.66. The van der Waals surface area contributed by atoms with Crippen LogP contribution in [0.4, 0.5) is 0 Å². The number of para-hydroxylation sites is 1. The molecule has 0 radical (unpaired) electrons. The third-order valence-corrected chi connectivity index (χ3v) is 8.38. The molecule has 2 aromatic heterocycles. The maximum atomic E-state index is 4.68. The predicted molar refractivity (Wildman–Crippen MR) is 163 cm³/mol. The van der Waals surface area contributed by atoms with Gasteiger partial charge in [0.15, 0.2) is 0 Å². The average molecular weight is 495 g/mol. The molecule has 0 aliphatic heterocycles. The van der Waals surface area contributed by atoms with Crippen molar-refractivity contribution >= 4 is 43.5 Å². The summed E-state index contributed by atoms with van der Waals surface area (Å²) in [6.45, 7) is 0. The Kier molecular flexibility index (Phi) is 4.08. The van der Waals surface area contributed by atoms with Crippen molar-refractivity contribution in [3.8, 4) is 39.1 Å². The Balaban J connectivity index is 1.37. The molecule has 0 amide bonds. The van der Waals surface area contributed by atoms with Crippen LogP contribution in [0.1, 0.15) is 0 Å². The largest absolute Gasteiger partial charge is 0.309 e. The molecule has 8 aromatic rings. The van der Waals surface area contributed by atoms with Gasteiger partial charge < -0.3 is 4.57 Å². The molecule has 1 aliphatic carbocycles. The van der Waals surface area contributed by atoms with Crippen LogP contribution in [0.15, 0.2) is 134 Å². The summed E-state index contributed by atoms with van der Waals surface area (Å²) in [6.07, 6.45) is 1.88. The van der Waals surface area contributed by atoms with E-state index in [2.05, 4.69) is 131 Å². The molecule has 0 unspecified atom stereocenters. The van der Waals surface area contributed by atoms with E-state index >= 15 is 0 Å². The first-order chi connectivity index (χ1) is 19.4. The monoisotopic (exact) mass is 494 g/mol. The van der Waals surface area contributed by atoms with Crippen LogP contribution < -0.4 is 0 Å². The molecule has 9 rings (SSSR count). The fourth-order valence-electron chi connectivity index (χ4n) is 6.75. The maximum absolute atomic E-state index is 4.68. The smallest absolute Gasteiger partial charge is 0.0709 e. The summed E-state index contributed by atoms with van der Waals surface area (Å²) in [5.41, 5.74) is 12.4. The fraction of sp³-hybridized carbons (Fsp3) is 0. The van der Waals surface area contributed by atoms with Gasteiger partial charge in [-0.15, -0.1) is 0 Å². The van der Waals surface area contributed by atoms with Crippen molar-refractivity contribution in [2.45, 2.75) is 0 Å². The van der Waals surface area contributed by atoms with Gasteiger partial charge in [0, 0.05) is 28.0 Å². The van der Waals surface area contributed by atoms with Crippen LogP contribution >= 0.6 is 0 Å². The lowest BCUT2D eigenvalue weighted by atomic mass is 9.93. The number of benzene rings is 6. The minimum absolute atomic E-state index is 1.02. The molecule has 39 heavy (non-hydrogen) atoms. The van der Waals surface area contributed by atoms with Crippen LogP contribution in [0.3, 0.4) is 0 Å². The topological polar surface area (TPSA) is 17.8 Å². The molecule has 6 aromatic carbocycles. The number of fused-ring (bicyclic) bond motifs is 8. The van der Waals surface area contributed by atoms with Crippen molar-refractivity contribution in [3.63, 3.8) is 0 Å². The molecule has 0 fully saturated rings. The Morgan fingerprint density at radius 1 is 0.436 bits per heavy atom. The molecule has 0 spiro atoms. The van der Waals surface area contributed by atoms with E-state index in [0.29, 0.717) is 0 Å². The molecule has 2 heterocycles. The van der Waals surface area contributed by atoms with Gasteiger partial charge in [0.1, 0.15) is 0 Å². The average Bonchev–Trinajstić information content (AvgIpc) is 3.52. The van der Waals surface area contributed by atoms with Gasteiger partial charge in [-0.2, -0.15) is 0 Å². The number of aromatic nitrogens is 2. The van der Waals surface area contributed by atoms with E-state index in [1.165, 1.54) is 71.3 Å². The highest BCUT2D eigenvalue weighted by molar-refractivity contribution is 6.22. The van der Waals surface area contributed by atoms with Crippen LogP contribution in [0.2, 0.25) is 0 Å². The highest BCUT2D eigenvalue weighted by atomic mass is 15.0. The predicted octanol–water partition coefficient (Wildman–Crippen LogP) is 9.80. The molecular weight excluding hydrogens is 472 g/mol. The summed E-state index contributed by atoms with van der Waals surface area (Å²) in [5.74, 6) is 0. The Bertz CT molecular complexity index is 2240. The zero-order valence-electron chi connectivity index (χ0n) is 21.1. The van der Waals surface area contributed by atoms with Crippen molar-refractivity contribution in [1.82, 2.24) is 9.55 Å². The SMILES string of the molecule is c1ccc(-n2c3ccc(-c4ccc5c6c(cccc46)-c4ccccc4-5)cc3c3c4cccnc4ccc32)cc1. The van der Waals surface area contributed by atoms with E-state index in [1.54, 1.807) is 0 Å². The minimum Gasteiger partial charge on any atom is -0.309 e. The van der Waals surface area contributed by atoms with Crippen molar-refractivity contribution in [3.05, 3.63) is 134 Å². The standard InChI is InChI=1S/C37H22N2/c1-2-8-24(9-3-1)39-34-19-15-23(22-32(34)37-31-14-7-21-38-33(31)18-20-35(37)39)25-16-17-30-27-11-5-4-10-26(27)29-13-6-12-28(25)36(29)30/h1-22H. The van der Waals surface area contributed by atoms with Crippen LogP contribution in [-0.4, -0.2) is 9.55 Å². The van der Waals surface area contributed by atoms with Gasteiger partial charge in [0.2, 0.25) is 0 Å². The van der Waals surface area contributed by atoms with E-state index < -0.39 is 0 Å². The number of hydrogen-bond donors (Lipinski definition) is 0. The van der Waals surface area contributed by atoms with E-state index in [4.69, 9.17) is 0 Å². The van der Waals surface area contributed by atoms with Crippen molar-refractivity contribution < 1.29 is 0 Å². The summed E-state index contributed by atoms with van der Waals surface area (Å²) >= 11 is 0. The summed E-state index contributed by atoms with van der Waals surface area (Å²) < 4.78 is 2.38. The first kappa shape index (κ1) is 20.8.